The number of rotatable bonds is 10. The molecule has 0 atom stereocenters. The number of aliphatic carboxylic acids is 6. The fraction of sp³-hybridized carbons (Fsp3) is 0.500. The largest absolute Gasteiger partial charge is 2.00 e. The van der Waals surface area contributed by atoms with Gasteiger partial charge in [0.15, 0.2) is 11.2 Å². The van der Waals surface area contributed by atoms with Crippen LogP contribution in [-0.4, -0.2) is 207 Å². The van der Waals surface area contributed by atoms with Gasteiger partial charge in [0.1, 0.15) is 0 Å². The van der Waals surface area contributed by atoms with Gasteiger partial charge in [-0.3, -0.25) is 19.2 Å². The molecule has 0 saturated heterocycles. The molecule has 0 bridgehead atoms. The molecule has 0 heterocycles. The van der Waals surface area contributed by atoms with E-state index in [1.807, 2.05) is 0 Å². The van der Waals surface area contributed by atoms with Crippen LogP contribution in [0.1, 0.15) is 34.2 Å². The van der Waals surface area contributed by atoms with E-state index in [0.717, 1.165) is 0 Å². The van der Waals surface area contributed by atoms with Gasteiger partial charge in [0.2, 0.25) is 0 Å². The predicted octanol–water partition coefficient (Wildman–Crippen LogP) is -3.79. The van der Waals surface area contributed by atoms with Gasteiger partial charge in [-0.05, 0) is 0 Å². The first-order valence-corrected chi connectivity index (χ1v) is 6.34. The van der Waals surface area contributed by atoms with Crippen molar-refractivity contribution in [2.75, 3.05) is 0 Å². The fourth-order valence-electron chi connectivity index (χ4n) is 1.43. The van der Waals surface area contributed by atoms with Gasteiger partial charge in [-0.2, -0.15) is 0 Å². The van der Waals surface area contributed by atoms with Crippen LogP contribution in [-0.2, 0) is 28.8 Å². The van der Waals surface area contributed by atoms with E-state index in [4.69, 9.17) is 40.9 Å². The summed E-state index contributed by atoms with van der Waals surface area (Å²) < 4.78 is 0. The second-order valence-electron chi connectivity index (χ2n) is 4.96. The van der Waals surface area contributed by atoms with Gasteiger partial charge in [-0.25, -0.2) is 9.59 Å². The third-order valence-corrected chi connectivity index (χ3v) is 2.57. The Balaban J connectivity index is -0.0000000250. The molecule has 0 aromatic heterocycles. The van der Waals surface area contributed by atoms with E-state index in [9.17, 15) is 28.8 Å². The standard InChI is InChI=1S/2C6H8O7.3Ca.H2O.6H/c2*7-3(8)1-6(13,5(11)12)2-4(9)10;;;;;;;;;;/h2*13H,1-2H2,(H,7,8)(H,9,10)(H,11,12);;;;1H2;;;;;;/q;;3*+2;;6*-1. The minimum Gasteiger partial charge on any atom is -1.00 e. The van der Waals surface area contributed by atoms with Gasteiger partial charge in [0.05, 0.1) is 25.7 Å². The summed E-state index contributed by atoms with van der Waals surface area (Å²) in [6.45, 7) is 0. The third kappa shape index (κ3) is 20.4. The summed E-state index contributed by atoms with van der Waals surface area (Å²) in [5.74, 6) is -10.0. The fourth-order valence-corrected chi connectivity index (χ4v) is 1.43. The monoisotopic (exact) mass is 528 g/mol. The first kappa shape index (κ1) is 44.2. The van der Waals surface area contributed by atoms with E-state index in [1.54, 1.807) is 0 Å². The number of carboxylic acid groups (broad SMARTS) is 6. The summed E-state index contributed by atoms with van der Waals surface area (Å²) in [5, 5.41) is 67.6. The smallest absolute Gasteiger partial charge is 1.00 e. The molecule has 10 N–H and O–H groups in total. The summed E-state index contributed by atoms with van der Waals surface area (Å²) in [6.07, 6.45) is -4.58. The zero-order valence-electron chi connectivity index (χ0n) is 21.5. The summed E-state index contributed by atoms with van der Waals surface area (Å²) in [6, 6.07) is 0. The van der Waals surface area contributed by atoms with Gasteiger partial charge in [-0.15, -0.1) is 0 Å². The maximum Gasteiger partial charge on any atom is 2.00 e. The van der Waals surface area contributed by atoms with E-state index >= 15 is 0 Å². The molecule has 0 unspecified atom stereocenters. The molecule has 0 aliphatic rings. The van der Waals surface area contributed by atoms with Crippen molar-refractivity contribution in [3.05, 3.63) is 0 Å². The average molecular weight is 529 g/mol. The number of aliphatic hydroxyl groups is 2. The Labute approximate surface area is 266 Å². The van der Waals surface area contributed by atoms with Crippen molar-refractivity contribution in [3.8, 4) is 0 Å². The second-order valence-corrected chi connectivity index (χ2v) is 4.96. The van der Waals surface area contributed by atoms with E-state index < -0.39 is 72.7 Å². The van der Waals surface area contributed by atoms with Crippen molar-refractivity contribution in [1.82, 2.24) is 0 Å². The molecule has 30 heavy (non-hydrogen) atoms. The Morgan fingerprint density at radius 2 is 0.633 bits per heavy atom. The van der Waals surface area contributed by atoms with Crippen LogP contribution in [0.25, 0.3) is 0 Å². The number of hydrogen-bond donors (Lipinski definition) is 8. The second kappa shape index (κ2) is 20.1. The maximum absolute atomic E-state index is 10.3. The van der Waals surface area contributed by atoms with Crippen molar-refractivity contribution in [3.63, 3.8) is 0 Å². The molecule has 0 radical (unpaired) electrons. The summed E-state index contributed by atoms with van der Waals surface area (Å²) in [4.78, 5) is 61.0. The Hall–Kier alpha value is 0.479. The molecule has 18 heteroatoms. The van der Waals surface area contributed by atoms with E-state index in [2.05, 4.69) is 0 Å². The zero-order valence-corrected chi connectivity index (χ0v) is 22.1. The van der Waals surface area contributed by atoms with Crippen LogP contribution in [0.3, 0.4) is 0 Å². The SMILES string of the molecule is O.O=C(O)CC(O)(CC(=O)O)C(=O)O.O=C(O)CC(O)(CC(=O)O)C(=O)O.[Ca+2].[Ca+2].[Ca+2].[H-].[H-].[H-].[H-].[H-].[H-]. The van der Waals surface area contributed by atoms with Crippen molar-refractivity contribution >= 4 is 149 Å². The van der Waals surface area contributed by atoms with Gasteiger partial charge in [0, 0.05) is 0 Å². The Kier molecular flexibility index (Phi) is 29.6. The summed E-state index contributed by atoms with van der Waals surface area (Å²) in [5.41, 5.74) is -5.48. The van der Waals surface area contributed by atoms with E-state index in [1.165, 1.54) is 0 Å². The van der Waals surface area contributed by atoms with Crippen LogP contribution < -0.4 is 0 Å². The molecular weight excluding hydrogens is 504 g/mol. The van der Waals surface area contributed by atoms with Crippen molar-refractivity contribution in [1.29, 1.82) is 0 Å². The van der Waals surface area contributed by atoms with Crippen molar-refractivity contribution in [2.45, 2.75) is 36.9 Å². The van der Waals surface area contributed by atoms with Crippen LogP contribution in [0.4, 0.5) is 0 Å². The van der Waals surface area contributed by atoms with Crippen molar-refractivity contribution in [2.24, 2.45) is 0 Å². The van der Waals surface area contributed by atoms with Crippen LogP contribution in [0, 0.1) is 0 Å². The normalized spacial score (nSPS) is 9.40. The molecule has 0 spiro atoms. The minimum absolute atomic E-state index is 0. The first-order chi connectivity index (χ1) is 11.6. The summed E-state index contributed by atoms with van der Waals surface area (Å²) >= 11 is 0. The molecule has 0 aromatic rings. The third-order valence-electron chi connectivity index (χ3n) is 2.57. The van der Waals surface area contributed by atoms with Gasteiger partial charge < -0.3 is 54.9 Å². The number of carboxylic acids is 6. The molecule has 0 aliphatic carbocycles. The summed E-state index contributed by atoms with van der Waals surface area (Å²) in [7, 11) is 0. The number of hydrogen-bond acceptors (Lipinski definition) is 8. The average Bonchev–Trinajstić information content (AvgIpc) is 2.34. The molecule has 0 amide bonds. The molecule has 0 rings (SSSR count). The molecule has 0 saturated carbocycles. The molecule has 168 valence electrons. The quantitative estimate of drug-likeness (QED) is 0.126. The van der Waals surface area contributed by atoms with Crippen LogP contribution >= 0.6 is 0 Å². The van der Waals surface area contributed by atoms with Gasteiger partial charge in [-0.1, -0.05) is 0 Å². The molecule has 0 aliphatic heterocycles. The minimum atomic E-state index is -2.74. The van der Waals surface area contributed by atoms with Crippen LogP contribution in [0.15, 0.2) is 0 Å². The predicted molar refractivity (Wildman–Crippen MR) is 102 cm³/mol. The maximum atomic E-state index is 10.3. The molecule has 15 nitrogen and oxygen atoms in total. The topological polar surface area (TPSA) is 296 Å². The first-order valence-electron chi connectivity index (χ1n) is 6.34. The zero-order chi connectivity index (χ0) is 21.3. The van der Waals surface area contributed by atoms with Gasteiger partial charge in [0.25, 0.3) is 0 Å². The van der Waals surface area contributed by atoms with E-state index in [0.29, 0.717) is 0 Å². The van der Waals surface area contributed by atoms with E-state index in [-0.39, 0.29) is 127 Å². The number of carbonyl (C=O) groups is 6. The van der Waals surface area contributed by atoms with Crippen LogP contribution in [0.5, 0.6) is 0 Å². The van der Waals surface area contributed by atoms with Gasteiger partial charge >= 0.3 is 149 Å². The molecular formula is C12H24Ca3O15. The van der Waals surface area contributed by atoms with Crippen LogP contribution in [0.2, 0.25) is 0 Å². The van der Waals surface area contributed by atoms with Crippen molar-refractivity contribution < 1.29 is 83.7 Å². The Morgan fingerprint density at radius 1 is 0.500 bits per heavy atom. The molecule has 0 aromatic carbocycles. The molecule has 0 fully saturated rings. The Bertz CT molecular complexity index is 545. The Morgan fingerprint density at radius 3 is 0.700 bits per heavy atom.